The van der Waals surface area contributed by atoms with Crippen LogP contribution in [0.15, 0.2) is 154 Å². The van der Waals surface area contributed by atoms with Gasteiger partial charge < -0.3 is 0 Å². The summed E-state index contributed by atoms with van der Waals surface area (Å²) < 4.78 is 0. The average molecular weight is 546 g/mol. The zero-order valence-electron chi connectivity index (χ0n) is 24.8. The maximum absolute atomic E-state index is 4.79. The molecule has 1 aromatic carbocycles. The van der Waals surface area contributed by atoms with Crippen LogP contribution >= 0.6 is 0 Å². The first-order chi connectivity index (χ1) is 20.5. The number of pyridine rings is 1. The van der Waals surface area contributed by atoms with Gasteiger partial charge in [-0.1, -0.05) is 149 Å². The molecule has 1 heterocycles. The van der Waals surface area contributed by atoms with Gasteiger partial charge in [-0.3, -0.25) is 4.98 Å². The third-order valence-electron chi connectivity index (χ3n) is 6.88. The molecule has 1 heteroatoms. The minimum atomic E-state index is 0.824. The number of allylic oxidation sites excluding steroid dienone is 18. The van der Waals surface area contributed by atoms with E-state index in [2.05, 4.69) is 100 Å². The van der Waals surface area contributed by atoms with Crippen LogP contribution in [-0.2, 0) is 0 Å². The van der Waals surface area contributed by atoms with Gasteiger partial charge in [-0.25, -0.2) is 0 Å². The Kier molecular flexibility index (Phi) is 11.5. The van der Waals surface area contributed by atoms with Crippen molar-refractivity contribution in [3.63, 3.8) is 0 Å². The topological polar surface area (TPSA) is 12.9 Å². The number of rotatable bonds is 12. The highest BCUT2D eigenvalue weighted by Gasteiger charge is 2.15. The van der Waals surface area contributed by atoms with Crippen LogP contribution in [-0.4, -0.2) is 4.98 Å². The first kappa shape index (κ1) is 31.3. The Morgan fingerprint density at radius 3 is 2.26 bits per heavy atom. The van der Waals surface area contributed by atoms with Crippen molar-refractivity contribution in [1.82, 2.24) is 4.98 Å². The van der Waals surface area contributed by atoms with Crippen molar-refractivity contribution in [1.29, 1.82) is 0 Å². The lowest BCUT2D eigenvalue weighted by molar-refractivity contribution is 1.26. The molecule has 0 spiro atoms. The fourth-order valence-corrected chi connectivity index (χ4v) is 4.77. The van der Waals surface area contributed by atoms with Crippen LogP contribution in [0, 0.1) is 0 Å². The molecule has 0 fully saturated rings. The quantitative estimate of drug-likeness (QED) is 0.242. The minimum Gasteiger partial charge on any atom is -0.256 e. The predicted octanol–water partition coefficient (Wildman–Crippen LogP) is 11.5. The minimum absolute atomic E-state index is 0.824. The normalized spacial score (nSPS) is 14.6. The third-order valence-corrected chi connectivity index (χ3v) is 6.88. The van der Waals surface area contributed by atoms with Crippen molar-refractivity contribution in [3.05, 3.63) is 193 Å². The lowest BCUT2D eigenvalue weighted by atomic mass is 9.87. The van der Waals surface area contributed by atoms with E-state index in [0.29, 0.717) is 0 Å². The standard InChI is InChI=1S/C41H39N/c1-9-16-20-33(40-29-35(19-10-2)36(13-5)37(14-6)38(40)15-7)26-27-34-22-17-21-32(39-23-18-28-42-41(34)39)25-24-31(12-4)30(8)11-3/h9-29H,3-8H2,1-2H3/b16-9+,19-10-,27-26-,31-24-,32-25-,33-20+. The second kappa shape index (κ2) is 15.5. The molecule has 3 rings (SSSR count). The Hall–Kier alpha value is -5.27. The number of nitrogens with zero attached hydrogens (tertiary/aromatic N) is 1. The Bertz CT molecular complexity index is 1670. The lowest BCUT2D eigenvalue weighted by Crippen LogP contribution is -1.98. The van der Waals surface area contributed by atoms with Crippen LogP contribution in [0.2, 0.25) is 0 Å². The molecule has 1 aliphatic rings. The van der Waals surface area contributed by atoms with Gasteiger partial charge in [0, 0.05) is 17.3 Å². The molecule has 1 nitrogen and oxygen atoms in total. The number of hydrogen-bond acceptors (Lipinski definition) is 1. The number of benzene rings is 1. The summed E-state index contributed by atoms with van der Waals surface area (Å²) in [7, 11) is 0. The molecule has 0 N–H and O–H groups in total. The molecule has 0 aliphatic heterocycles. The second-order valence-electron chi connectivity index (χ2n) is 9.41. The van der Waals surface area contributed by atoms with Crippen LogP contribution in [0.1, 0.15) is 52.9 Å². The average Bonchev–Trinajstić information content (AvgIpc) is 3.19. The Balaban J connectivity index is 2.18. The molecule has 1 aliphatic carbocycles. The van der Waals surface area contributed by atoms with E-state index in [1.807, 2.05) is 68.6 Å². The van der Waals surface area contributed by atoms with Gasteiger partial charge in [0.2, 0.25) is 0 Å². The van der Waals surface area contributed by atoms with Gasteiger partial charge >= 0.3 is 0 Å². The van der Waals surface area contributed by atoms with Crippen molar-refractivity contribution < 1.29 is 0 Å². The fourth-order valence-electron chi connectivity index (χ4n) is 4.77. The fraction of sp³-hybridized carbons (Fsp3) is 0.0488. The molecule has 0 bridgehead atoms. The first-order valence-corrected chi connectivity index (χ1v) is 13.9. The summed E-state index contributed by atoms with van der Waals surface area (Å²) in [6.07, 6.45) is 35.9. The van der Waals surface area contributed by atoms with Gasteiger partial charge in [-0.2, -0.15) is 0 Å². The predicted molar refractivity (Wildman–Crippen MR) is 190 cm³/mol. The maximum Gasteiger partial charge on any atom is 0.0780 e. The van der Waals surface area contributed by atoms with E-state index in [1.165, 1.54) is 0 Å². The molecular formula is C41H39N. The molecule has 2 aromatic rings. The Morgan fingerprint density at radius 1 is 0.857 bits per heavy atom. The largest absolute Gasteiger partial charge is 0.256 e. The lowest BCUT2D eigenvalue weighted by Gasteiger charge is -2.17. The summed E-state index contributed by atoms with van der Waals surface area (Å²) in [6.45, 7) is 28.1. The van der Waals surface area contributed by atoms with Gasteiger partial charge in [-0.15, -0.1) is 0 Å². The monoisotopic (exact) mass is 545 g/mol. The second-order valence-corrected chi connectivity index (χ2v) is 9.41. The number of fused-ring (bicyclic) bond motifs is 1. The van der Waals surface area contributed by atoms with Crippen molar-refractivity contribution in [2.24, 2.45) is 0 Å². The van der Waals surface area contributed by atoms with Crippen LogP contribution in [0.3, 0.4) is 0 Å². The van der Waals surface area contributed by atoms with Crippen molar-refractivity contribution in [2.45, 2.75) is 13.8 Å². The van der Waals surface area contributed by atoms with Gasteiger partial charge in [0.1, 0.15) is 0 Å². The zero-order chi connectivity index (χ0) is 30.5. The molecule has 42 heavy (non-hydrogen) atoms. The maximum atomic E-state index is 4.79. The summed E-state index contributed by atoms with van der Waals surface area (Å²) in [5.74, 6) is 0. The SMILES string of the molecule is C=CC(=C)/C(C=C)=C\C=C1\C=CC=C(\C=C/C(=C\C=C\C)c2cc(/C=C\C)c(C=C)c(C=C)c2C=C)c2ncccc21. The van der Waals surface area contributed by atoms with Crippen LogP contribution < -0.4 is 0 Å². The summed E-state index contributed by atoms with van der Waals surface area (Å²) in [4.78, 5) is 4.79. The highest BCUT2D eigenvalue weighted by atomic mass is 14.7. The van der Waals surface area contributed by atoms with Crippen LogP contribution in [0.5, 0.6) is 0 Å². The van der Waals surface area contributed by atoms with Gasteiger partial charge in [-0.05, 0) is 76.1 Å². The van der Waals surface area contributed by atoms with Gasteiger partial charge in [0.15, 0.2) is 0 Å². The summed E-state index contributed by atoms with van der Waals surface area (Å²) >= 11 is 0. The van der Waals surface area contributed by atoms with E-state index in [1.54, 1.807) is 12.2 Å². The summed E-state index contributed by atoms with van der Waals surface area (Å²) in [6, 6.07) is 6.24. The van der Waals surface area contributed by atoms with Crippen molar-refractivity contribution in [2.75, 3.05) is 0 Å². The van der Waals surface area contributed by atoms with Crippen molar-refractivity contribution in [3.8, 4) is 0 Å². The van der Waals surface area contributed by atoms with Gasteiger partial charge in [0.05, 0.1) is 5.69 Å². The molecule has 1 aromatic heterocycles. The van der Waals surface area contributed by atoms with Crippen molar-refractivity contribution >= 4 is 41.0 Å². The van der Waals surface area contributed by atoms with E-state index in [4.69, 9.17) is 4.98 Å². The van der Waals surface area contributed by atoms with Gasteiger partial charge in [0.25, 0.3) is 0 Å². The number of aromatic nitrogens is 1. The van der Waals surface area contributed by atoms with E-state index in [9.17, 15) is 0 Å². The smallest absolute Gasteiger partial charge is 0.0780 e. The van der Waals surface area contributed by atoms with E-state index >= 15 is 0 Å². The molecule has 0 unspecified atom stereocenters. The molecule has 0 saturated carbocycles. The Labute approximate surface area is 252 Å². The highest BCUT2D eigenvalue weighted by Crippen LogP contribution is 2.34. The van der Waals surface area contributed by atoms with Crippen LogP contribution in [0.4, 0.5) is 0 Å². The van der Waals surface area contributed by atoms with E-state index in [0.717, 1.165) is 66.9 Å². The molecule has 0 saturated heterocycles. The van der Waals surface area contributed by atoms with E-state index < -0.39 is 0 Å². The highest BCUT2D eigenvalue weighted by molar-refractivity contribution is 5.93. The summed E-state index contributed by atoms with van der Waals surface area (Å²) in [5.41, 5.74) is 12.0. The first-order valence-electron chi connectivity index (χ1n) is 13.9. The summed E-state index contributed by atoms with van der Waals surface area (Å²) in [5, 5.41) is 0. The molecule has 208 valence electrons. The third kappa shape index (κ3) is 7.08. The molecule has 0 amide bonds. The Morgan fingerprint density at radius 2 is 1.62 bits per heavy atom. The van der Waals surface area contributed by atoms with E-state index in [-0.39, 0.29) is 0 Å². The zero-order valence-corrected chi connectivity index (χ0v) is 24.8. The molecule has 0 radical (unpaired) electrons. The molecular weight excluding hydrogens is 506 g/mol. The number of hydrogen-bond donors (Lipinski definition) is 0. The van der Waals surface area contributed by atoms with Crippen LogP contribution in [0.25, 0.3) is 41.0 Å². The molecule has 0 atom stereocenters.